The average Bonchev–Trinajstić information content (AvgIpc) is 2.15. The summed E-state index contributed by atoms with van der Waals surface area (Å²) in [6, 6.07) is 6.10. The van der Waals surface area contributed by atoms with Crippen molar-refractivity contribution in [3.8, 4) is 0 Å². The molecule has 0 aliphatic rings. The van der Waals surface area contributed by atoms with E-state index in [1.54, 1.807) is 12.1 Å². The summed E-state index contributed by atoms with van der Waals surface area (Å²) in [6.07, 6.45) is -0.884. The van der Waals surface area contributed by atoms with Crippen LogP contribution in [0.5, 0.6) is 0 Å². The van der Waals surface area contributed by atoms with Gasteiger partial charge in [-0.05, 0) is 17.7 Å². The monoisotopic (exact) mass is 195 g/mol. The minimum absolute atomic E-state index is 0.0174. The molecule has 0 radical (unpaired) electrons. The predicted molar refractivity (Wildman–Crippen MR) is 47.8 cm³/mol. The molecule has 1 amide bonds. The van der Waals surface area contributed by atoms with E-state index in [-0.39, 0.29) is 12.2 Å². The van der Waals surface area contributed by atoms with E-state index >= 15 is 0 Å². The van der Waals surface area contributed by atoms with E-state index in [9.17, 15) is 9.59 Å². The molecule has 0 spiro atoms. The minimum Gasteiger partial charge on any atom is -0.478 e. The van der Waals surface area contributed by atoms with Gasteiger partial charge in [-0.3, -0.25) is 0 Å². The highest BCUT2D eigenvalue weighted by molar-refractivity contribution is 5.87. The van der Waals surface area contributed by atoms with Crippen molar-refractivity contribution in [1.29, 1.82) is 0 Å². The van der Waals surface area contributed by atoms with Crippen LogP contribution in [-0.2, 0) is 11.3 Å². The van der Waals surface area contributed by atoms with Crippen molar-refractivity contribution in [2.75, 3.05) is 0 Å². The average molecular weight is 195 g/mol. The van der Waals surface area contributed by atoms with Crippen molar-refractivity contribution in [3.63, 3.8) is 0 Å². The van der Waals surface area contributed by atoms with E-state index in [0.29, 0.717) is 5.56 Å². The zero-order chi connectivity index (χ0) is 10.6. The fourth-order valence-electron chi connectivity index (χ4n) is 0.949. The van der Waals surface area contributed by atoms with Crippen LogP contribution in [0.2, 0.25) is 0 Å². The van der Waals surface area contributed by atoms with Crippen LogP contribution < -0.4 is 5.73 Å². The number of amides is 1. The summed E-state index contributed by atoms with van der Waals surface area (Å²) in [7, 11) is 0. The van der Waals surface area contributed by atoms with Gasteiger partial charge in [0.1, 0.15) is 6.61 Å². The Hall–Kier alpha value is -2.04. The van der Waals surface area contributed by atoms with Gasteiger partial charge in [-0.1, -0.05) is 12.1 Å². The Morgan fingerprint density at radius 1 is 1.43 bits per heavy atom. The first-order valence-electron chi connectivity index (χ1n) is 3.84. The van der Waals surface area contributed by atoms with Crippen LogP contribution in [0.1, 0.15) is 15.9 Å². The first-order valence-corrected chi connectivity index (χ1v) is 3.84. The number of aromatic carboxylic acids is 1. The van der Waals surface area contributed by atoms with Gasteiger partial charge >= 0.3 is 12.1 Å². The summed E-state index contributed by atoms with van der Waals surface area (Å²) in [5.41, 5.74) is 5.50. The highest BCUT2D eigenvalue weighted by Gasteiger charge is 2.03. The Bertz CT molecular complexity index is 362. The van der Waals surface area contributed by atoms with Gasteiger partial charge < -0.3 is 15.6 Å². The lowest BCUT2D eigenvalue weighted by Crippen LogP contribution is -2.12. The van der Waals surface area contributed by atoms with Gasteiger partial charge in [-0.25, -0.2) is 9.59 Å². The SMILES string of the molecule is NC(=O)OCc1cccc(C(=O)O)c1. The standard InChI is InChI=1S/C9H9NO4/c10-9(13)14-5-6-2-1-3-7(4-6)8(11)12/h1-4H,5H2,(H2,10,13)(H,11,12). The number of carbonyl (C=O) groups excluding carboxylic acids is 1. The van der Waals surface area contributed by atoms with Crippen LogP contribution in [-0.4, -0.2) is 17.2 Å². The highest BCUT2D eigenvalue weighted by Crippen LogP contribution is 2.06. The Labute approximate surface area is 80.1 Å². The van der Waals surface area contributed by atoms with Gasteiger partial charge in [0.15, 0.2) is 0 Å². The maximum Gasteiger partial charge on any atom is 0.404 e. The zero-order valence-electron chi connectivity index (χ0n) is 7.27. The lowest BCUT2D eigenvalue weighted by molar-refractivity contribution is 0.0696. The number of hydrogen-bond acceptors (Lipinski definition) is 3. The molecule has 0 saturated carbocycles. The Balaban J connectivity index is 2.73. The normalized spacial score (nSPS) is 9.43. The molecule has 5 heteroatoms. The van der Waals surface area contributed by atoms with Gasteiger partial charge in [-0.2, -0.15) is 0 Å². The quantitative estimate of drug-likeness (QED) is 0.752. The van der Waals surface area contributed by atoms with Crippen molar-refractivity contribution >= 4 is 12.1 Å². The van der Waals surface area contributed by atoms with Gasteiger partial charge in [-0.15, -0.1) is 0 Å². The number of ether oxygens (including phenoxy) is 1. The smallest absolute Gasteiger partial charge is 0.404 e. The number of carboxylic acids is 1. The molecule has 1 aromatic carbocycles. The molecule has 1 rings (SSSR count). The van der Waals surface area contributed by atoms with Gasteiger partial charge in [0.05, 0.1) is 5.56 Å². The molecule has 74 valence electrons. The van der Waals surface area contributed by atoms with Crippen molar-refractivity contribution in [2.45, 2.75) is 6.61 Å². The summed E-state index contributed by atoms with van der Waals surface area (Å²) in [5, 5.41) is 8.65. The van der Waals surface area contributed by atoms with Crippen LogP contribution >= 0.6 is 0 Å². The number of primary amides is 1. The molecule has 0 saturated heterocycles. The summed E-state index contributed by atoms with van der Waals surface area (Å²) >= 11 is 0. The molecular weight excluding hydrogens is 186 g/mol. The van der Waals surface area contributed by atoms with Crippen LogP contribution in [0, 0.1) is 0 Å². The number of benzene rings is 1. The summed E-state index contributed by atoms with van der Waals surface area (Å²) in [5.74, 6) is -1.02. The number of rotatable bonds is 3. The fourth-order valence-corrected chi connectivity index (χ4v) is 0.949. The first kappa shape index (κ1) is 10.0. The van der Waals surface area contributed by atoms with Crippen LogP contribution in [0.3, 0.4) is 0 Å². The summed E-state index contributed by atoms with van der Waals surface area (Å²) in [4.78, 5) is 20.8. The topological polar surface area (TPSA) is 89.6 Å². The lowest BCUT2D eigenvalue weighted by Gasteiger charge is -2.02. The second-order valence-corrected chi connectivity index (χ2v) is 2.61. The molecule has 0 aliphatic heterocycles. The summed E-state index contributed by atoms with van der Waals surface area (Å²) < 4.78 is 4.51. The molecule has 5 nitrogen and oxygen atoms in total. The molecule has 0 bridgehead atoms. The third-order valence-electron chi connectivity index (χ3n) is 1.56. The molecule has 3 N–H and O–H groups in total. The fraction of sp³-hybridized carbons (Fsp3) is 0.111. The largest absolute Gasteiger partial charge is 0.478 e. The number of nitrogens with two attached hydrogens (primary N) is 1. The summed E-state index contributed by atoms with van der Waals surface area (Å²) in [6.45, 7) is -0.0174. The highest BCUT2D eigenvalue weighted by atomic mass is 16.5. The van der Waals surface area contributed by atoms with Crippen molar-refractivity contribution < 1.29 is 19.4 Å². The molecule has 1 aromatic rings. The van der Waals surface area contributed by atoms with Gasteiger partial charge in [0, 0.05) is 0 Å². The third kappa shape index (κ3) is 2.78. The number of hydrogen-bond donors (Lipinski definition) is 2. The molecule has 0 aliphatic carbocycles. The van der Waals surface area contributed by atoms with Crippen molar-refractivity contribution in [2.24, 2.45) is 5.73 Å². The van der Waals surface area contributed by atoms with E-state index in [0.717, 1.165) is 0 Å². The zero-order valence-corrected chi connectivity index (χ0v) is 7.27. The Morgan fingerprint density at radius 3 is 2.71 bits per heavy atom. The van der Waals surface area contributed by atoms with E-state index in [2.05, 4.69) is 4.74 Å². The minimum atomic E-state index is -1.02. The first-order chi connectivity index (χ1) is 6.59. The molecule has 0 fully saturated rings. The van der Waals surface area contributed by atoms with Crippen molar-refractivity contribution in [1.82, 2.24) is 0 Å². The molecule has 0 heterocycles. The van der Waals surface area contributed by atoms with E-state index in [1.165, 1.54) is 12.1 Å². The molecule has 0 atom stereocenters. The van der Waals surface area contributed by atoms with Crippen LogP contribution in [0.15, 0.2) is 24.3 Å². The molecule has 14 heavy (non-hydrogen) atoms. The number of carbonyl (C=O) groups is 2. The van der Waals surface area contributed by atoms with E-state index in [4.69, 9.17) is 10.8 Å². The van der Waals surface area contributed by atoms with E-state index in [1.807, 2.05) is 0 Å². The van der Waals surface area contributed by atoms with Crippen LogP contribution in [0.25, 0.3) is 0 Å². The van der Waals surface area contributed by atoms with E-state index < -0.39 is 12.1 Å². The molecule has 0 aromatic heterocycles. The van der Waals surface area contributed by atoms with Crippen molar-refractivity contribution in [3.05, 3.63) is 35.4 Å². The van der Waals surface area contributed by atoms with Gasteiger partial charge in [0.25, 0.3) is 0 Å². The van der Waals surface area contributed by atoms with Gasteiger partial charge in [0.2, 0.25) is 0 Å². The second kappa shape index (κ2) is 4.27. The third-order valence-corrected chi connectivity index (χ3v) is 1.56. The predicted octanol–water partition coefficient (Wildman–Crippen LogP) is 0.980. The maximum atomic E-state index is 10.6. The Kier molecular flexibility index (Phi) is 3.06. The number of carboxylic acid groups (broad SMARTS) is 1. The maximum absolute atomic E-state index is 10.6. The van der Waals surface area contributed by atoms with Crippen LogP contribution in [0.4, 0.5) is 4.79 Å². The Morgan fingerprint density at radius 2 is 2.14 bits per heavy atom. The molecular formula is C9H9NO4. The lowest BCUT2D eigenvalue weighted by atomic mass is 10.1. The molecule has 0 unspecified atom stereocenters. The second-order valence-electron chi connectivity index (χ2n) is 2.61.